The number of β-lactam (4-membered cyclic amide) rings is 1. The molecule has 1 fully saturated rings. The molecular formula is C21H25N10O7S3+. The number of thioether (sulfide) groups is 2. The van der Waals surface area contributed by atoms with E-state index in [2.05, 4.69) is 20.4 Å². The van der Waals surface area contributed by atoms with Crippen LogP contribution in [0.5, 0.6) is 0 Å². The van der Waals surface area contributed by atoms with E-state index in [1.807, 2.05) is 0 Å². The van der Waals surface area contributed by atoms with E-state index in [-0.39, 0.29) is 44.8 Å². The number of aromatic nitrogens is 3. The number of nitrogens with one attached hydrogen (secondary N) is 1. The minimum atomic E-state index is -2.02. The Morgan fingerprint density at radius 3 is 2.66 bits per heavy atom. The van der Waals surface area contributed by atoms with Gasteiger partial charge in [0.25, 0.3) is 17.4 Å². The molecule has 0 radical (unpaired) electrons. The maximum Gasteiger partial charge on any atom is 0.357 e. The second-order valence-electron chi connectivity index (χ2n) is 8.84. The Balaban J connectivity index is 1.42. The van der Waals surface area contributed by atoms with Crippen molar-refractivity contribution in [2.45, 2.75) is 36.0 Å². The second kappa shape index (κ2) is 11.3. The number of carboxylic acid groups (broad SMARTS) is 2. The van der Waals surface area contributed by atoms with Crippen molar-refractivity contribution in [1.29, 1.82) is 0 Å². The average Bonchev–Trinajstić information content (AvgIpc) is 3.37. The Hall–Kier alpha value is -4.30. The van der Waals surface area contributed by atoms with Gasteiger partial charge in [-0.1, -0.05) is 10.1 Å². The van der Waals surface area contributed by atoms with Crippen LogP contribution < -0.4 is 33.0 Å². The third-order valence-corrected chi connectivity index (χ3v) is 9.25. The van der Waals surface area contributed by atoms with Crippen LogP contribution in [-0.2, 0) is 29.6 Å². The van der Waals surface area contributed by atoms with Crippen molar-refractivity contribution in [1.82, 2.24) is 20.2 Å². The van der Waals surface area contributed by atoms with E-state index in [1.54, 1.807) is 6.92 Å². The summed E-state index contributed by atoms with van der Waals surface area (Å²) in [7, 11) is 0. The lowest BCUT2D eigenvalue weighted by Crippen LogP contribution is -2.70. The normalized spacial score (nSPS) is 19.9. The van der Waals surface area contributed by atoms with E-state index in [0.717, 1.165) is 32.7 Å². The van der Waals surface area contributed by atoms with Gasteiger partial charge < -0.3 is 37.6 Å². The molecule has 41 heavy (non-hydrogen) atoms. The maximum atomic E-state index is 12.9. The molecule has 0 aromatic carbocycles. The SMILES string of the molecule is Cc1c(N)nc(SCC2=C(C(=O)O)N3C(=O)C(NC(=O)/C=N\O[C@](C)(C(=O)O)c4csc(N)n4)C3SC2)[n+](N)c1N. The zero-order valence-electron chi connectivity index (χ0n) is 21.4. The molecule has 0 bridgehead atoms. The van der Waals surface area contributed by atoms with Gasteiger partial charge in [-0.25, -0.2) is 14.6 Å². The molecule has 0 aliphatic carbocycles. The van der Waals surface area contributed by atoms with Crippen molar-refractivity contribution in [3.63, 3.8) is 0 Å². The van der Waals surface area contributed by atoms with Crippen LogP contribution in [-0.4, -0.2) is 78.0 Å². The summed E-state index contributed by atoms with van der Waals surface area (Å²) in [6.45, 7) is 2.85. The van der Waals surface area contributed by atoms with E-state index in [9.17, 15) is 29.4 Å². The number of hydrogen-bond donors (Lipinski definition) is 7. The molecule has 4 heterocycles. The summed E-state index contributed by atoms with van der Waals surface area (Å²) in [5.74, 6) is 2.49. The summed E-state index contributed by atoms with van der Waals surface area (Å²) in [5.41, 5.74) is 16.1. The molecule has 218 valence electrons. The summed E-state index contributed by atoms with van der Waals surface area (Å²) in [5, 5.41) is 26.4. The Labute approximate surface area is 243 Å². The molecule has 0 saturated carbocycles. The third-order valence-electron chi connectivity index (χ3n) is 6.20. The van der Waals surface area contributed by atoms with Gasteiger partial charge in [0, 0.05) is 16.9 Å². The van der Waals surface area contributed by atoms with Crippen molar-refractivity contribution in [3.8, 4) is 0 Å². The molecule has 20 heteroatoms. The Kier molecular flexibility index (Phi) is 8.17. The van der Waals surface area contributed by atoms with Gasteiger partial charge in [0.2, 0.25) is 11.6 Å². The van der Waals surface area contributed by atoms with Crippen LogP contribution in [0.2, 0.25) is 0 Å². The van der Waals surface area contributed by atoms with Crippen molar-refractivity contribution in [2.24, 2.45) is 5.16 Å². The first-order chi connectivity index (χ1) is 19.3. The minimum absolute atomic E-state index is 0.0122. The number of carbonyl (C=O) groups excluding carboxylic acids is 2. The lowest BCUT2D eigenvalue weighted by atomic mass is 10.0. The Morgan fingerprint density at radius 1 is 1.34 bits per heavy atom. The number of thiazole rings is 1. The fourth-order valence-electron chi connectivity index (χ4n) is 3.78. The van der Waals surface area contributed by atoms with Crippen molar-refractivity contribution < 1.29 is 38.9 Å². The van der Waals surface area contributed by atoms with Crippen LogP contribution >= 0.6 is 34.9 Å². The number of nitrogen functional groups attached to an aromatic ring is 4. The van der Waals surface area contributed by atoms with Crippen LogP contribution in [0.1, 0.15) is 18.2 Å². The topological polar surface area (TPSA) is 279 Å². The monoisotopic (exact) mass is 625 g/mol. The first-order valence-electron chi connectivity index (χ1n) is 11.5. The van der Waals surface area contributed by atoms with Crippen LogP contribution in [0.3, 0.4) is 0 Å². The smallest absolute Gasteiger partial charge is 0.357 e. The summed E-state index contributed by atoms with van der Waals surface area (Å²) in [6, 6.07) is -1.05. The molecule has 2 aromatic heterocycles. The predicted octanol–water partition coefficient (Wildman–Crippen LogP) is -1.57. The highest BCUT2D eigenvalue weighted by Gasteiger charge is 2.54. The fourth-order valence-corrected chi connectivity index (χ4v) is 6.85. The van der Waals surface area contributed by atoms with E-state index in [0.29, 0.717) is 17.4 Å². The van der Waals surface area contributed by atoms with Gasteiger partial charge in [-0.2, -0.15) is 0 Å². The maximum absolute atomic E-state index is 12.9. The quantitative estimate of drug-likeness (QED) is 0.0298. The average molecular weight is 626 g/mol. The Bertz CT molecular complexity index is 1510. The molecule has 1 saturated heterocycles. The number of carboxylic acids is 2. The number of rotatable bonds is 10. The summed E-state index contributed by atoms with van der Waals surface area (Å²) < 4.78 is 1.15. The molecule has 11 N–H and O–H groups in total. The van der Waals surface area contributed by atoms with E-state index in [4.69, 9.17) is 27.9 Å². The summed E-state index contributed by atoms with van der Waals surface area (Å²) >= 11 is 3.36. The van der Waals surface area contributed by atoms with Gasteiger partial charge in [-0.3, -0.25) is 20.3 Å². The number of fused-ring (bicyclic) bond motifs is 1. The van der Waals surface area contributed by atoms with Gasteiger partial charge in [0.05, 0.1) is 5.56 Å². The molecule has 4 rings (SSSR count). The van der Waals surface area contributed by atoms with E-state index < -0.39 is 40.8 Å². The second-order valence-corrected chi connectivity index (χ2v) is 11.8. The number of hydrogen-bond acceptors (Lipinski definition) is 15. The van der Waals surface area contributed by atoms with Crippen molar-refractivity contribution >= 4 is 81.6 Å². The number of amides is 2. The summed E-state index contributed by atoms with van der Waals surface area (Å²) in [6.07, 6.45) is 0.671. The van der Waals surface area contributed by atoms with Gasteiger partial charge in [-0.05, 0) is 31.2 Å². The number of aliphatic carboxylic acids is 2. The number of oxime groups is 1. The Morgan fingerprint density at radius 2 is 2.05 bits per heavy atom. The van der Waals surface area contributed by atoms with Gasteiger partial charge in [-0.15, -0.1) is 27.8 Å². The molecular weight excluding hydrogens is 600 g/mol. The van der Waals surface area contributed by atoms with Crippen LogP contribution in [0.15, 0.2) is 27.0 Å². The lowest BCUT2D eigenvalue weighted by Gasteiger charge is -2.49. The number of nitrogens with zero attached hydrogens (tertiary/aromatic N) is 5. The standard InChI is InChI=1S/C21H24N10O7S3/c1-7-13(22)29-20(31(25)14(7)23)41-5-8-4-39-16-11(15(33)30(16)12(8)17(34)35)28-10(32)3-26-38-21(2,18(36)37)9-6-40-19(24)27-9/h3,6,11,16H,4-5,25H2,1-2H3,(H8,22,23,24,27,28,32,34,35,36,37)/p+1/b26-3-/t11?,16?,21-/m0/s1. The third kappa shape index (κ3) is 5.52. The highest BCUT2D eigenvalue weighted by atomic mass is 32.2. The molecule has 2 unspecified atom stereocenters. The van der Waals surface area contributed by atoms with Crippen LogP contribution in [0, 0.1) is 6.92 Å². The highest BCUT2D eigenvalue weighted by molar-refractivity contribution is 8.01. The van der Waals surface area contributed by atoms with Gasteiger partial charge in [0.15, 0.2) is 5.13 Å². The number of nitrogens with two attached hydrogens (primary N) is 4. The van der Waals surface area contributed by atoms with E-state index >= 15 is 0 Å². The highest BCUT2D eigenvalue weighted by Crippen LogP contribution is 2.41. The molecule has 2 aliphatic rings. The van der Waals surface area contributed by atoms with Gasteiger partial charge in [0.1, 0.15) is 29.0 Å². The lowest BCUT2D eigenvalue weighted by molar-refractivity contribution is -0.667. The molecule has 0 spiro atoms. The van der Waals surface area contributed by atoms with Crippen LogP contribution in [0.4, 0.5) is 16.8 Å². The molecule has 2 aliphatic heterocycles. The van der Waals surface area contributed by atoms with Gasteiger partial charge >= 0.3 is 17.1 Å². The van der Waals surface area contributed by atoms with E-state index in [1.165, 1.54) is 24.1 Å². The van der Waals surface area contributed by atoms with Crippen molar-refractivity contribution in [3.05, 3.63) is 27.9 Å². The minimum Gasteiger partial charge on any atom is -0.478 e. The molecule has 17 nitrogen and oxygen atoms in total. The zero-order valence-corrected chi connectivity index (χ0v) is 23.9. The van der Waals surface area contributed by atoms with Crippen LogP contribution in [0.25, 0.3) is 0 Å². The van der Waals surface area contributed by atoms with Crippen molar-refractivity contribution in [2.75, 3.05) is 34.5 Å². The number of carbonyl (C=O) groups is 4. The largest absolute Gasteiger partial charge is 0.478 e. The molecule has 3 atom stereocenters. The number of anilines is 3. The zero-order chi connectivity index (χ0) is 30.2. The summed E-state index contributed by atoms with van der Waals surface area (Å²) in [4.78, 5) is 63.5. The molecule has 2 amide bonds. The fraction of sp³-hybridized carbons (Fsp3) is 0.333. The first-order valence-corrected chi connectivity index (χ1v) is 14.4. The molecule has 2 aromatic rings. The first kappa shape index (κ1) is 29.7. The predicted molar refractivity (Wildman–Crippen MR) is 150 cm³/mol.